The second-order valence-electron chi connectivity index (χ2n) is 5.36. The first kappa shape index (κ1) is 10.7. The number of nitrogens with zero attached hydrogens (tertiary/aromatic N) is 3. The van der Waals surface area contributed by atoms with Crippen molar-refractivity contribution in [2.75, 3.05) is 13.1 Å². The molecule has 2 heterocycles. The van der Waals surface area contributed by atoms with E-state index >= 15 is 0 Å². The lowest BCUT2D eigenvalue weighted by Gasteiger charge is -2.38. The van der Waals surface area contributed by atoms with Crippen LogP contribution in [0.5, 0.6) is 0 Å². The van der Waals surface area contributed by atoms with E-state index < -0.39 is 0 Å². The highest BCUT2D eigenvalue weighted by Gasteiger charge is 2.37. The van der Waals surface area contributed by atoms with Crippen LogP contribution in [0.1, 0.15) is 50.2 Å². The summed E-state index contributed by atoms with van der Waals surface area (Å²) in [5.74, 6) is 2.62. The van der Waals surface area contributed by atoms with E-state index in [2.05, 4.69) is 10.1 Å². The minimum atomic E-state index is 0.0701. The van der Waals surface area contributed by atoms with Gasteiger partial charge in [0.1, 0.15) is 0 Å². The lowest BCUT2D eigenvalue weighted by molar-refractivity contribution is -0.139. The second-order valence-corrected chi connectivity index (χ2v) is 5.36. The number of hydrogen-bond acceptors (Lipinski definition) is 4. The second kappa shape index (κ2) is 3.82. The highest BCUT2D eigenvalue weighted by Crippen LogP contribution is 2.39. The van der Waals surface area contributed by atoms with E-state index in [1.54, 1.807) is 0 Å². The van der Waals surface area contributed by atoms with Gasteiger partial charge in [-0.2, -0.15) is 4.98 Å². The Morgan fingerprint density at radius 3 is 2.65 bits per heavy atom. The fourth-order valence-corrected chi connectivity index (χ4v) is 2.10. The van der Waals surface area contributed by atoms with Gasteiger partial charge >= 0.3 is 0 Å². The molecule has 1 saturated heterocycles. The number of hydrogen-bond donors (Lipinski definition) is 0. The molecule has 2 fully saturated rings. The monoisotopic (exact) mass is 235 g/mol. The van der Waals surface area contributed by atoms with Crippen molar-refractivity contribution in [3.63, 3.8) is 0 Å². The van der Waals surface area contributed by atoms with Crippen LogP contribution in [0.4, 0.5) is 0 Å². The van der Waals surface area contributed by atoms with Gasteiger partial charge in [0.15, 0.2) is 5.82 Å². The molecule has 0 aromatic carbocycles. The molecule has 17 heavy (non-hydrogen) atoms. The van der Waals surface area contributed by atoms with Crippen molar-refractivity contribution in [1.29, 1.82) is 0 Å². The average Bonchev–Trinajstić information content (AvgIpc) is 2.97. The summed E-state index contributed by atoms with van der Waals surface area (Å²) in [4.78, 5) is 18.0. The number of carbonyl (C=O) groups excluding carboxylic acids is 1. The van der Waals surface area contributed by atoms with Crippen LogP contribution in [0.15, 0.2) is 4.52 Å². The molecule has 1 amide bonds. The summed E-state index contributed by atoms with van der Waals surface area (Å²) in [6.45, 7) is 5.30. The van der Waals surface area contributed by atoms with E-state index in [0.717, 1.165) is 18.9 Å². The summed E-state index contributed by atoms with van der Waals surface area (Å²) in [5.41, 5.74) is 0. The van der Waals surface area contributed by atoms with E-state index in [1.807, 2.05) is 18.7 Å². The maximum atomic E-state index is 11.7. The number of amides is 1. The zero-order chi connectivity index (χ0) is 12.0. The van der Waals surface area contributed by atoms with Crippen LogP contribution < -0.4 is 0 Å². The van der Waals surface area contributed by atoms with Gasteiger partial charge in [-0.3, -0.25) is 4.79 Å². The van der Waals surface area contributed by atoms with Crippen LogP contribution in [0, 0.1) is 5.92 Å². The minimum Gasteiger partial charge on any atom is -0.341 e. The first-order chi connectivity index (χ1) is 8.15. The van der Waals surface area contributed by atoms with Crippen LogP contribution in [0.3, 0.4) is 0 Å². The van der Waals surface area contributed by atoms with Gasteiger partial charge in [0.25, 0.3) is 0 Å². The fraction of sp³-hybridized carbons (Fsp3) is 0.750. The molecule has 1 aromatic heterocycles. The highest BCUT2D eigenvalue weighted by atomic mass is 16.5. The van der Waals surface area contributed by atoms with E-state index in [0.29, 0.717) is 11.8 Å². The quantitative estimate of drug-likeness (QED) is 0.797. The van der Waals surface area contributed by atoms with Crippen LogP contribution in [-0.4, -0.2) is 34.0 Å². The summed E-state index contributed by atoms with van der Waals surface area (Å²) >= 11 is 0. The molecule has 5 heteroatoms. The lowest BCUT2D eigenvalue weighted by Crippen LogP contribution is -2.50. The summed E-state index contributed by atoms with van der Waals surface area (Å²) in [6, 6.07) is 0. The Hall–Kier alpha value is -1.39. The first-order valence-corrected chi connectivity index (χ1v) is 6.27. The normalized spacial score (nSPS) is 20.8. The van der Waals surface area contributed by atoms with Gasteiger partial charge in [0.2, 0.25) is 11.8 Å². The Labute approximate surface area is 100 Å². The maximum Gasteiger partial charge on any atom is 0.233 e. The topological polar surface area (TPSA) is 59.2 Å². The van der Waals surface area contributed by atoms with Crippen molar-refractivity contribution in [1.82, 2.24) is 15.0 Å². The number of likely N-dealkylation sites (tertiary alicyclic amines) is 1. The summed E-state index contributed by atoms with van der Waals surface area (Å²) < 4.78 is 5.26. The van der Waals surface area contributed by atoms with Crippen molar-refractivity contribution in [3.05, 3.63) is 11.7 Å². The molecule has 1 aliphatic carbocycles. The van der Waals surface area contributed by atoms with Crippen molar-refractivity contribution in [2.45, 2.75) is 38.5 Å². The molecule has 1 aromatic rings. The molecule has 0 radical (unpaired) electrons. The molecule has 1 saturated carbocycles. The fourth-order valence-electron chi connectivity index (χ4n) is 2.10. The van der Waals surface area contributed by atoms with E-state index in [1.165, 1.54) is 12.8 Å². The summed E-state index contributed by atoms with van der Waals surface area (Å²) in [7, 11) is 0. The molecule has 0 N–H and O–H groups in total. The number of carbonyl (C=O) groups is 1. The van der Waals surface area contributed by atoms with Crippen molar-refractivity contribution >= 4 is 5.91 Å². The lowest BCUT2D eigenvalue weighted by atomic mass is 9.98. The van der Waals surface area contributed by atoms with Crippen LogP contribution in [0.2, 0.25) is 0 Å². The zero-order valence-electron chi connectivity index (χ0n) is 10.2. The molecule has 0 unspecified atom stereocenters. The van der Waals surface area contributed by atoms with Gasteiger partial charge in [0, 0.05) is 24.9 Å². The summed E-state index contributed by atoms with van der Waals surface area (Å²) in [5, 5.41) is 4.00. The highest BCUT2D eigenvalue weighted by molar-refractivity contribution is 5.79. The first-order valence-electron chi connectivity index (χ1n) is 6.27. The van der Waals surface area contributed by atoms with E-state index in [9.17, 15) is 4.79 Å². The van der Waals surface area contributed by atoms with Crippen molar-refractivity contribution in [3.8, 4) is 0 Å². The van der Waals surface area contributed by atoms with E-state index in [-0.39, 0.29) is 17.7 Å². The Morgan fingerprint density at radius 1 is 1.35 bits per heavy atom. The molecular formula is C12H17N3O2. The van der Waals surface area contributed by atoms with Crippen molar-refractivity contribution in [2.24, 2.45) is 5.92 Å². The molecule has 2 aliphatic rings. The third-order valence-corrected chi connectivity index (χ3v) is 3.44. The largest absolute Gasteiger partial charge is 0.341 e. The molecule has 0 spiro atoms. The maximum absolute atomic E-state index is 11.7. The van der Waals surface area contributed by atoms with Crippen LogP contribution in [-0.2, 0) is 4.79 Å². The molecule has 1 aliphatic heterocycles. The number of aromatic nitrogens is 2. The van der Waals surface area contributed by atoms with Gasteiger partial charge < -0.3 is 9.42 Å². The third kappa shape index (κ3) is 1.94. The molecule has 5 nitrogen and oxygen atoms in total. The van der Waals surface area contributed by atoms with Gasteiger partial charge in [-0.25, -0.2) is 0 Å². The Bertz CT molecular complexity index is 431. The van der Waals surface area contributed by atoms with Gasteiger partial charge in [-0.1, -0.05) is 19.0 Å². The molecule has 92 valence electrons. The molecule has 0 atom stereocenters. The molecule has 0 bridgehead atoms. The predicted molar refractivity (Wildman–Crippen MR) is 60.4 cm³/mol. The average molecular weight is 235 g/mol. The molecule has 3 rings (SSSR count). The standard InChI is InChI=1S/C12H17N3O2/c1-7(2)12(16)15-5-9(6-15)11-13-10(14-17-11)8-3-4-8/h7-9H,3-6H2,1-2H3. The van der Waals surface area contributed by atoms with Crippen LogP contribution >= 0.6 is 0 Å². The zero-order valence-corrected chi connectivity index (χ0v) is 10.2. The number of rotatable bonds is 3. The third-order valence-electron chi connectivity index (χ3n) is 3.44. The predicted octanol–water partition coefficient (Wildman–Crippen LogP) is 1.53. The minimum absolute atomic E-state index is 0.0701. The van der Waals surface area contributed by atoms with E-state index in [4.69, 9.17) is 4.52 Å². The van der Waals surface area contributed by atoms with Gasteiger partial charge in [-0.05, 0) is 12.8 Å². The van der Waals surface area contributed by atoms with Gasteiger partial charge in [-0.15, -0.1) is 0 Å². The Morgan fingerprint density at radius 2 is 2.06 bits per heavy atom. The summed E-state index contributed by atoms with van der Waals surface area (Å²) in [6.07, 6.45) is 2.36. The van der Waals surface area contributed by atoms with Gasteiger partial charge in [0.05, 0.1) is 5.92 Å². The SMILES string of the molecule is CC(C)C(=O)N1CC(c2nc(C3CC3)no2)C1. The van der Waals surface area contributed by atoms with Crippen molar-refractivity contribution < 1.29 is 9.32 Å². The Kier molecular flexibility index (Phi) is 2.42. The van der Waals surface area contributed by atoms with Crippen LogP contribution in [0.25, 0.3) is 0 Å². The Balaban J connectivity index is 1.59. The molecular weight excluding hydrogens is 218 g/mol. The smallest absolute Gasteiger partial charge is 0.233 e.